The van der Waals surface area contributed by atoms with Gasteiger partial charge in [-0.25, -0.2) is 0 Å². The molecule has 1 aliphatic rings. The number of rotatable bonds is 5. The van der Waals surface area contributed by atoms with Crippen LogP contribution in [0.25, 0.3) is 16.6 Å². The zero-order valence-corrected chi connectivity index (χ0v) is 16.7. The fourth-order valence-corrected chi connectivity index (χ4v) is 3.71. The molecule has 4 N–H and O–H groups in total. The SMILES string of the molecule is O=[N+]([O-])c1ccc2c(ccn2-c2ccc(O[C@H]3OC(CO)[C@@H](O)C(O)C3O)c(Cl)c2)c1. The zero-order valence-electron chi connectivity index (χ0n) is 15.9. The van der Waals surface area contributed by atoms with Crippen LogP contribution >= 0.6 is 11.6 Å². The molecule has 0 radical (unpaired) electrons. The highest BCUT2D eigenvalue weighted by atomic mass is 35.5. The van der Waals surface area contributed by atoms with Crippen LogP contribution in [0.2, 0.25) is 5.02 Å². The summed E-state index contributed by atoms with van der Waals surface area (Å²) in [5, 5.41) is 51.0. The molecule has 1 aromatic heterocycles. The molecule has 10 nitrogen and oxygen atoms in total. The predicted octanol–water partition coefficient (Wildman–Crippen LogP) is 1.37. The standard InChI is InChI=1S/C20H19ClN2O8/c21-13-8-11(22-6-5-10-7-12(23(28)29)1-3-14(10)22)2-4-15(13)30-20-19(27)18(26)17(25)16(9-24)31-20/h1-8,16-20,24-27H,9H2/t16?,17-,18?,19?,20+/m1/s1. The Hall–Kier alpha value is -2.73. The van der Waals surface area contributed by atoms with Gasteiger partial charge in [0.15, 0.2) is 0 Å². The van der Waals surface area contributed by atoms with Crippen molar-refractivity contribution >= 4 is 28.2 Å². The van der Waals surface area contributed by atoms with E-state index in [0.29, 0.717) is 11.1 Å². The van der Waals surface area contributed by atoms with Crippen molar-refractivity contribution in [2.45, 2.75) is 30.7 Å². The molecule has 1 aliphatic heterocycles. The molecule has 164 valence electrons. The Kier molecular flexibility index (Phi) is 5.84. The summed E-state index contributed by atoms with van der Waals surface area (Å²) in [6.45, 7) is -0.573. The summed E-state index contributed by atoms with van der Waals surface area (Å²) in [4.78, 5) is 10.5. The van der Waals surface area contributed by atoms with Gasteiger partial charge in [0.05, 0.1) is 22.1 Å². The number of fused-ring (bicyclic) bond motifs is 1. The molecule has 11 heteroatoms. The highest BCUT2D eigenvalue weighted by molar-refractivity contribution is 6.32. The molecule has 2 heterocycles. The van der Waals surface area contributed by atoms with Crippen molar-refractivity contribution < 1.29 is 34.8 Å². The minimum Gasteiger partial charge on any atom is -0.460 e. The third-order valence-electron chi connectivity index (χ3n) is 5.17. The van der Waals surface area contributed by atoms with Gasteiger partial charge in [-0.2, -0.15) is 0 Å². The molecule has 1 fully saturated rings. The van der Waals surface area contributed by atoms with E-state index in [1.807, 2.05) is 0 Å². The maximum Gasteiger partial charge on any atom is 0.270 e. The van der Waals surface area contributed by atoms with E-state index in [9.17, 15) is 30.5 Å². The molecule has 0 amide bonds. The first-order chi connectivity index (χ1) is 14.8. The van der Waals surface area contributed by atoms with Crippen molar-refractivity contribution in [3.05, 3.63) is 63.8 Å². The quantitative estimate of drug-likeness (QED) is 0.336. The van der Waals surface area contributed by atoms with Crippen molar-refractivity contribution in [1.29, 1.82) is 0 Å². The maximum atomic E-state index is 11.0. The van der Waals surface area contributed by atoms with E-state index in [2.05, 4.69) is 0 Å². The van der Waals surface area contributed by atoms with Gasteiger partial charge in [-0.15, -0.1) is 0 Å². The average Bonchev–Trinajstić information content (AvgIpc) is 3.18. The first-order valence-corrected chi connectivity index (χ1v) is 9.70. The van der Waals surface area contributed by atoms with Gasteiger partial charge in [-0.05, 0) is 30.3 Å². The zero-order chi connectivity index (χ0) is 22.3. The Morgan fingerprint density at radius 3 is 2.55 bits per heavy atom. The summed E-state index contributed by atoms with van der Waals surface area (Å²) in [7, 11) is 0. The van der Waals surface area contributed by atoms with Gasteiger partial charge >= 0.3 is 0 Å². The lowest BCUT2D eigenvalue weighted by atomic mass is 9.99. The summed E-state index contributed by atoms with van der Waals surface area (Å²) in [6.07, 6.45) is -5.32. The van der Waals surface area contributed by atoms with Crippen molar-refractivity contribution in [2.24, 2.45) is 0 Å². The Morgan fingerprint density at radius 2 is 1.87 bits per heavy atom. The van der Waals surface area contributed by atoms with Crippen LogP contribution < -0.4 is 4.74 Å². The number of benzene rings is 2. The fraction of sp³-hybridized carbons (Fsp3) is 0.300. The van der Waals surface area contributed by atoms with Gasteiger partial charge in [-0.3, -0.25) is 10.1 Å². The molecule has 0 bridgehead atoms. The van der Waals surface area contributed by atoms with Crippen molar-refractivity contribution in [3.63, 3.8) is 0 Å². The number of hydrogen-bond acceptors (Lipinski definition) is 8. The third kappa shape index (κ3) is 3.97. The second-order valence-corrected chi connectivity index (χ2v) is 7.52. The number of aliphatic hydroxyl groups is 4. The van der Waals surface area contributed by atoms with Crippen molar-refractivity contribution in [3.8, 4) is 11.4 Å². The molecule has 4 rings (SSSR count). The van der Waals surface area contributed by atoms with E-state index < -0.39 is 42.2 Å². The molecule has 1 saturated heterocycles. The Labute approximate surface area is 180 Å². The minimum atomic E-state index is -1.57. The van der Waals surface area contributed by atoms with Crippen LogP contribution in [0.4, 0.5) is 5.69 Å². The number of ether oxygens (including phenoxy) is 2. The topological polar surface area (TPSA) is 147 Å². The van der Waals surface area contributed by atoms with Crippen molar-refractivity contribution in [1.82, 2.24) is 4.57 Å². The van der Waals surface area contributed by atoms with E-state index in [1.54, 1.807) is 35.0 Å². The highest BCUT2D eigenvalue weighted by Crippen LogP contribution is 2.32. The molecular formula is C20H19ClN2O8. The highest BCUT2D eigenvalue weighted by Gasteiger charge is 2.44. The molecule has 0 aliphatic carbocycles. The number of nitro benzene ring substituents is 1. The second kappa shape index (κ2) is 8.42. The first-order valence-electron chi connectivity index (χ1n) is 9.32. The lowest BCUT2D eigenvalue weighted by molar-refractivity contribution is -0.384. The molecule has 2 aromatic carbocycles. The number of aromatic nitrogens is 1. The van der Waals surface area contributed by atoms with Crippen LogP contribution in [0.1, 0.15) is 0 Å². The number of halogens is 1. The van der Waals surface area contributed by atoms with Gasteiger partial charge in [0, 0.05) is 29.4 Å². The Balaban J connectivity index is 1.59. The number of hydrogen-bond donors (Lipinski definition) is 4. The van der Waals surface area contributed by atoms with E-state index in [4.69, 9.17) is 21.1 Å². The van der Waals surface area contributed by atoms with Gasteiger partial charge < -0.3 is 34.5 Å². The second-order valence-electron chi connectivity index (χ2n) is 7.12. The lowest BCUT2D eigenvalue weighted by Gasteiger charge is -2.39. The van der Waals surface area contributed by atoms with Gasteiger partial charge in [0.2, 0.25) is 6.29 Å². The summed E-state index contributed by atoms with van der Waals surface area (Å²) in [5.41, 5.74) is 1.39. The summed E-state index contributed by atoms with van der Waals surface area (Å²) in [6, 6.07) is 11.1. The third-order valence-corrected chi connectivity index (χ3v) is 5.47. The normalized spacial score (nSPS) is 26.2. The molecular weight excluding hydrogens is 432 g/mol. The Bertz CT molecular complexity index is 1120. The predicted molar refractivity (Wildman–Crippen MR) is 109 cm³/mol. The smallest absolute Gasteiger partial charge is 0.270 e. The van der Waals surface area contributed by atoms with Gasteiger partial charge in [0.1, 0.15) is 30.2 Å². The number of nitro groups is 1. The molecule has 5 atom stereocenters. The summed E-state index contributed by atoms with van der Waals surface area (Å²) in [5.74, 6) is 0.154. The van der Waals surface area contributed by atoms with Crippen molar-refractivity contribution in [2.75, 3.05) is 6.61 Å². The van der Waals surface area contributed by atoms with Crippen LogP contribution in [0, 0.1) is 10.1 Å². The van der Waals surface area contributed by atoms with E-state index >= 15 is 0 Å². The number of nitrogens with zero attached hydrogens (tertiary/aromatic N) is 2. The summed E-state index contributed by atoms with van der Waals surface area (Å²) >= 11 is 6.34. The van der Waals surface area contributed by atoms with Gasteiger partial charge in [-0.1, -0.05) is 11.6 Å². The lowest BCUT2D eigenvalue weighted by Crippen LogP contribution is -2.60. The first kappa shape index (κ1) is 21.5. The van der Waals surface area contributed by atoms with Crippen LogP contribution in [0.15, 0.2) is 48.7 Å². The summed E-state index contributed by atoms with van der Waals surface area (Å²) < 4.78 is 12.7. The molecule has 0 spiro atoms. The number of non-ortho nitro benzene ring substituents is 1. The van der Waals surface area contributed by atoms with E-state index in [-0.39, 0.29) is 16.5 Å². The average molecular weight is 451 g/mol. The molecule has 3 unspecified atom stereocenters. The van der Waals surface area contributed by atoms with Crippen LogP contribution in [0.3, 0.4) is 0 Å². The monoisotopic (exact) mass is 450 g/mol. The van der Waals surface area contributed by atoms with Crippen LogP contribution in [-0.2, 0) is 4.74 Å². The van der Waals surface area contributed by atoms with Crippen LogP contribution in [0.5, 0.6) is 5.75 Å². The van der Waals surface area contributed by atoms with Gasteiger partial charge in [0.25, 0.3) is 5.69 Å². The van der Waals surface area contributed by atoms with Crippen LogP contribution in [-0.4, -0.2) is 67.2 Å². The Morgan fingerprint density at radius 1 is 1.10 bits per heavy atom. The molecule has 0 saturated carbocycles. The maximum absolute atomic E-state index is 11.0. The van der Waals surface area contributed by atoms with E-state index in [1.165, 1.54) is 18.2 Å². The van der Waals surface area contributed by atoms with E-state index in [0.717, 1.165) is 5.52 Å². The largest absolute Gasteiger partial charge is 0.460 e. The number of aliphatic hydroxyl groups excluding tert-OH is 4. The molecule has 3 aromatic rings. The fourth-order valence-electron chi connectivity index (χ4n) is 3.49. The minimum absolute atomic E-state index is 0.00782. The molecule has 31 heavy (non-hydrogen) atoms.